The lowest BCUT2D eigenvalue weighted by molar-refractivity contribution is 0.0426. The number of methoxy groups -OCH3 is 2. The summed E-state index contributed by atoms with van der Waals surface area (Å²) in [6, 6.07) is 5.61. The van der Waals surface area contributed by atoms with E-state index >= 15 is 0 Å². The summed E-state index contributed by atoms with van der Waals surface area (Å²) in [6.07, 6.45) is 2.90. The number of nitrogens with one attached hydrogen (secondary N) is 1. The van der Waals surface area contributed by atoms with E-state index in [1.54, 1.807) is 14.2 Å². The Morgan fingerprint density at radius 2 is 1.90 bits per heavy atom. The van der Waals surface area contributed by atoms with Crippen LogP contribution >= 0.6 is 0 Å². The Bertz CT molecular complexity index is 926. The summed E-state index contributed by atoms with van der Waals surface area (Å²) in [5.74, 6) is 1.38. The molecule has 30 heavy (non-hydrogen) atoms. The van der Waals surface area contributed by atoms with Crippen LogP contribution in [0.5, 0.6) is 11.5 Å². The van der Waals surface area contributed by atoms with Gasteiger partial charge < -0.3 is 19.2 Å². The first-order chi connectivity index (χ1) is 14.4. The van der Waals surface area contributed by atoms with Gasteiger partial charge in [0.05, 0.1) is 20.8 Å². The predicted octanol–water partition coefficient (Wildman–Crippen LogP) is 4.85. The second-order valence-electron chi connectivity index (χ2n) is 7.90. The van der Waals surface area contributed by atoms with Crippen LogP contribution in [-0.2, 0) is 11.2 Å². The average Bonchev–Trinajstić information content (AvgIpc) is 3.10. The van der Waals surface area contributed by atoms with E-state index < -0.39 is 5.97 Å². The number of hydrogen-bond donors (Lipinski definition) is 1. The maximum atomic E-state index is 13.0. The number of H-pyrrole nitrogens is 1. The Morgan fingerprint density at radius 3 is 2.53 bits per heavy atom. The third-order valence-corrected chi connectivity index (χ3v) is 6.17. The molecule has 2 aromatic rings. The first-order valence-corrected chi connectivity index (χ1v) is 10.6. The van der Waals surface area contributed by atoms with Gasteiger partial charge >= 0.3 is 5.97 Å². The smallest absolute Gasteiger partial charge is 0.355 e. The maximum absolute atomic E-state index is 13.0. The zero-order valence-electron chi connectivity index (χ0n) is 18.5. The van der Waals surface area contributed by atoms with Crippen molar-refractivity contribution in [2.45, 2.75) is 52.4 Å². The molecule has 1 N–H and O–H groups in total. The lowest BCUT2D eigenvalue weighted by Gasteiger charge is -2.24. The third-order valence-electron chi connectivity index (χ3n) is 6.17. The number of carbonyl (C=O) groups excluding carboxylic acids is 2. The number of carbonyl (C=O) groups is 2. The van der Waals surface area contributed by atoms with Gasteiger partial charge in [-0.3, -0.25) is 4.79 Å². The Morgan fingerprint density at radius 1 is 1.17 bits per heavy atom. The zero-order valence-corrected chi connectivity index (χ0v) is 18.5. The fourth-order valence-corrected chi connectivity index (χ4v) is 4.21. The molecule has 1 aromatic heterocycles. The molecule has 0 amide bonds. The zero-order chi connectivity index (χ0) is 21.8. The van der Waals surface area contributed by atoms with Crippen molar-refractivity contribution >= 4 is 11.8 Å². The number of rotatable bonds is 8. The Hall–Kier alpha value is -2.76. The molecular weight excluding hydrogens is 382 g/mol. The van der Waals surface area contributed by atoms with Gasteiger partial charge in [-0.1, -0.05) is 26.7 Å². The van der Waals surface area contributed by atoms with E-state index in [1.807, 2.05) is 25.1 Å². The Balaban J connectivity index is 1.87. The Labute approximate surface area is 177 Å². The minimum absolute atomic E-state index is 0.0268. The van der Waals surface area contributed by atoms with Crippen LogP contribution in [0.3, 0.4) is 0 Å². The molecule has 0 spiro atoms. The topological polar surface area (TPSA) is 77.6 Å². The standard InChI is InChI=1S/C24H31NO5/c1-6-15(7-2)13-30-24(27)23-14(3)22-19(25-23)10-16(11-20(22)26)18-12-17(28-4)8-9-21(18)29-5/h8-9,12,15-16,25H,6-7,10-11,13H2,1-5H3/t16-/m0/s1. The minimum Gasteiger partial charge on any atom is -0.497 e. The van der Waals surface area contributed by atoms with Crippen LogP contribution in [0.15, 0.2) is 18.2 Å². The highest BCUT2D eigenvalue weighted by Gasteiger charge is 2.33. The van der Waals surface area contributed by atoms with E-state index in [0.717, 1.165) is 35.6 Å². The van der Waals surface area contributed by atoms with E-state index in [2.05, 4.69) is 18.8 Å². The van der Waals surface area contributed by atoms with E-state index in [0.29, 0.717) is 42.2 Å². The fraction of sp³-hybridized carbons (Fsp3) is 0.500. The number of ether oxygens (including phenoxy) is 3. The van der Waals surface area contributed by atoms with Crippen molar-refractivity contribution in [3.8, 4) is 11.5 Å². The molecule has 0 aliphatic heterocycles. The second kappa shape index (κ2) is 9.37. The average molecular weight is 414 g/mol. The second-order valence-corrected chi connectivity index (χ2v) is 7.90. The van der Waals surface area contributed by atoms with Crippen molar-refractivity contribution in [1.29, 1.82) is 0 Å². The van der Waals surface area contributed by atoms with Crippen molar-refractivity contribution in [3.63, 3.8) is 0 Å². The SMILES string of the molecule is CCC(CC)COC(=O)c1[nH]c2c(c1C)C(=O)C[C@@H](c1cc(OC)ccc1OC)C2. The van der Waals surface area contributed by atoms with Crippen molar-refractivity contribution in [2.24, 2.45) is 5.92 Å². The highest BCUT2D eigenvalue weighted by atomic mass is 16.5. The van der Waals surface area contributed by atoms with Crippen LogP contribution < -0.4 is 9.47 Å². The van der Waals surface area contributed by atoms with Gasteiger partial charge in [0, 0.05) is 29.2 Å². The molecule has 1 aromatic carbocycles. The van der Waals surface area contributed by atoms with Gasteiger partial charge in [-0.25, -0.2) is 4.79 Å². The van der Waals surface area contributed by atoms with Gasteiger partial charge in [-0.15, -0.1) is 0 Å². The quantitative estimate of drug-likeness (QED) is 0.626. The number of benzene rings is 1. The van der Waals surface area contributed by atoms with Gasteiger partial charge in [-0.2, -0.15) is 0 Å². The molecule has 6 nitrogen and oxygen atoms in total. The van der Waals surface area contributed by atoms with Crippen molar-refractivity contribution < 1.29 is 23.8 Å². The van der Waals surface area contributed by atoms with E-state index in [4.69, 9.17) is 14.2 Å². The number of ketones is 1. The van der Waals surface area contributed by atoms with Gasteiger partial charge in [0.1, 0.15) is 17.2 Å². The molecule has 1 aliphatic rings. The summed E-state index contributed by atoms with van der Waals surface area (Å²) in [5, 5.41) is 0. The fourth-order valence-electron chi connectivity index (χ4n) is 4.21. The molecule has 0 unspecified atom stereocenters. The summed E-state index contributed by atoms with van der Waals surface area (Å²) in [7, 11) is 3.23. The van der Waals surface area contributed by atoms with Crippen LogP contribution in [0, 0.1) is 12.8 Å². The number of aromatic nitrogens is 1. The molecule has 0 fully saturated rings. The normalized spacial score (nSPS) is 15.8. The lowest BCUT2D eigenvalue weighted by atomic mass is 9.81. The lowest BCUT2D eigenvalue weighted by Crippen LogP contribution is -2.19. The van der Waals surface area contributed by atoms with Crippen LogP contribution in [0.4, 0.5) is 0 Å². The molecule has 162 valence electrons. The molecule has 1 aliphatic carbocycles. The van der Waals surface area contributed by atoms with Crippen LogP contribution in [-0.4, -0.2) is 37.6 Å². The number of Topliss-reactive ketones (excluding diaryl/α,β-unsaturated/α-hetero) is 1. The first kappa shape index (κ1) is 21.9. The predicted molar refractivity (Wildman–Crippen MR) is 115 cm³/mol. The Kier molecular flexibility index (Phi) is 6.85. The van der Waals surface area contributed by atoms with E-state index in [-0.39, 0.29) is 11.7 Å². The molecule has 0 saturated heterocycles. The molecule has 6 heteroatoms. The summed E-state index contributed by atoms with van der Waals surface area (Å²) in [5.41, 5.74) is 3.41. The number of aromatic amines is 1. The molecule has 3 rings (SSSR count). The van der Waals surface area contributed by atoms with Crippen LogP contribution in [0.25, 0.3) is 0 Å². The third kappa shape index (κ3) is 4.23. The molecule has 0 bridgehead atoms. The molecule has 0 radical (unpaired) electrons. The summed E-state index contributed by atoms with van der Waals surface area (Å²) < 4.78 is 16.4. The summed E-state index contributed by atoms with van der Waals surface area (Å²) in [6.45, 7) is 6.39. The van der Waals surface area contributed by atoms with Gasteiger partial charge in [0.25, 0.3) is 0 Å². The molecular formula is C24H31NO5. The van der Waals surface area contributed by atoms with Crippen molar-refractivity contribution in [2.75, 3.05) is 20.8 Å². The van der Waals surface area contributed by atoms with Crippen LogP contribution in [0.2, 0.25) is 0 Å². The van der Waals surface area contributed by atoms with Crippen molar-refractivity contribution in [3.05, 3.63) is 46.3 Å². The monoisotopic (exact) mass is 413 g/mol. The number of esters is 1. The van der Waals surface area contributed by atoms with Crippen molar-refractivity contribution in [1.82, 2.24) is 4.98 Å². The number of fused-ring (bicyclic) bond motifs is 1. The minimum atomic E-state index is -0.392. The molecule has 1 atom stereocenters. The molecule has 1 heterocycles. The van der Waals surface area contributed by atoms with E-state index in [1.165, 1.54) is 0 Å². The number of hydrogen-bond acceptors (Lipinski definition) is 5. The van der Waals surface area contributed by atoms with Gasteiger partial charge in [0.2, 0.25) is 0 Å². The van der Waals surface area contributed by atoms with Gasteiger partial charge in [-0.05, 0) is 43.0 Å². The first-order valence-electron chi connectivity index (χ1n) is 10.6. The van der Waals surface area contributed by atoms with Crippen LogP contribution in [0.1, 0.15) is 76.7 Å². The highest BCUT2D eigenvalue weighted by Crippen LogP contribution is 2.40. The largest absolute Gasteiger partial charge is 0.497 e. The molecule has 0 saturated carbocycles. The summed E-state index contributed by atoms with van der Waals surface area (Å²) >= 11 is 0. The highest BCUT2D eigenvalue weighted by molar-refractivity contribution is 6.03. The maximum Gasteiger partial charge on any atom is 0.355 e. The summed E-state index contributed by atoms with van der Waals surface area (Å²) in [4.78, 5) is 28.8. The van der Waals surface area contributed by atoms with E-state index in [9.17, 15) is 9.59 Å². The van der Waals surface area contributed by atoms with Gasteiger partial charge in [0.15, 0.2) is 5.78 Å².